The minimum absolute atomic E-state index is 0.284. The van der Waals surface area contributed by atoms with E-state index in [1.807, 2.05) is 50.2 Å². The fourth-order valence-electron chi connectivity index (χ4n) is 3.42. The molecule has 5 nitrogen and oxygen atoms in total. The topological polar surface area (TPSA) is 71.3 Å². The van der Waals surface area contributed by atoms with Crippen LogP contribution in [-0.4, -0.2) is 15.6 Å². The summed E-state index contributed by atoms with van der Waals surface area (Å²) < 4.78 is 1.45. The van der Waals surface area contributed by atoms with E-state index < -0.39 is 11.5 Å². The molecule has 0 bridgehead atoms. The molecule has 29 heavy (non-hydrogen) atoms. The van der Waals surface area contributed by atoms with Crippen molar-refractivity contribution in [3.63, 3.8) is 0 Å². The molecule has 0 aliphatic carbocycles. The van der Waals surface area contributed by atoms with Gasteiger partial charge in [-0.2, -0.15) is 0 Å². The minimum Gasteiger partial charge on any atom is -0.506 e. The Morgan fingerprint density at radius 2 is 1.62 bits per heavy atom. The van der Waals surface area contributed by atoms with Crippen LogP contribution in [0.15, 0.2) is 77.6 Å². The third-order valence-corrected chi connectivity index (χ3v) is 4.94. The highest BCUT2D eigenvalue weighted by Gasteiger charge is 2.23. The number of aromatic nitrogens is 1. The molecule has 0 atom stereocenters. The average Bonchev–Trinajstić information content (AvgIpc) is 2.72. The summed E-state index contributed by atoms with van der Waals surface area (Å²) in [7, 11) is 0. The molecule has 0 saturated heterocycles. The van der Waals surface area contributed by atoms with Crippen LogP contribution in [0.1, 0.15) is 21.5 Å². The molecule has 1 amide bonds. The van der Waals surface area contributed by atoms with E-state index in [2.05, 4.69) is 5.32 Å². The number of nitrogens with one attached hydrogen (secondary N) is 1. The number of nitrogens with zero attached hydrogens (tertiary/aromatic N) is 1. The standard InChI is InChI=1S/C24H20N2O3/c1-15-12-13-16(2)19(14-15)25-23(28)21-22(27)18-10-6-7-11-20(18)26(24(21)29)17-8-4-3-5-9-17/h3-14,27H,1-2H3,(H,25,28). The van der Waals surface area contributed by atoms with Gasteiger partial charge in [-0.3, -0.25) is 14.2 Å². The second-order valence-corrected chi connectivity index (χ2v) is 6.99. The second-order valence-electron chi connectivity index (χ2n) is 6.99. The van der Waals surface area contributed by atoms with Crippen molar-refractivity contribution in [3.8, 4) is 11.4 Å². The van der Waals surface area contributed by atoms with Crippen LogP contribution in [0.5, 0.6) is 5.75 Å². The number of anilines is 1. The van der Waals surface area contributed by atoms with E-state index in [4.69, 9.17) is 0 Å². The number of fused-ring (bicyclic) bond motifs is 1. The highest BCUT2D eigenvalue weighted by Crippen LogP contribution is 2.29. The molecule has 0 fully saturated rings. The van der Waals surface area contributed by atoms with E-state index in [-0.39, 0.29) is 11.3 Å². The smallest absolute Gasteiger partial charge is 0.272 e. The predicted molar refractivity (Wildman–Crippen MR) is 115 cm³/mol. The molecular weight excluding hydrogens is 364 g/mol. The maximum atomic E-state index is 13.3. The Morgan fingerprint density at radius 3 is 2.38 bits per heavy atom. The number of carbonyl (C=O) groups is 1. The van der Waals surface area contributed by atoms with Gasteiger partial charge in [-0.15, -0.1) is 0 Å². The van der Waals surface area contributed by atoms with Crippen LogP contribution in [-0.2, 0) is 0 Å². The number of para-hydroxylation sites is 2. The van der Waals surface area contributed by atoms with Crippen LogP contribution in [0.2, 0.25) is 0 Å². The van der Waals surface area contributed by atoms with Crippen molar-refractivity contribution in [2.24, 2.45) is 0 Å². The zero-order valence-corrected chi connectivity index (χ0v) is 16.1. The third-order valence-electron chi connectivity index (χ3n) is 4.94. The van der Waals surface area contributed by atoms with Crippen LogP contribution < -0.4 is 10.9 Å². The summed E-state index contributed by atoms with van der Waals surface area (Å²) in [6, 6.07) is 21.7. The second kappa shape index (κ2) is 7.28. The summed E-state index contributed by atoms with van der Waals surface area (Å²) in [4.78, 5) is 26.4. The van der Waals surface area contributed by atoms with Gasteiger partial charge in [0.2, 0.25) is 0 Å². The lowest BCUT2D eigenvalue weighted by molar-refractivity contribution is 0.102. The molecule has 0 aliphatic rings. The van der Waals surface area contributed by atoms with Crippen molar-refractivity contribution in [1.29, 1.82) is 0 Å². The Morgan fingerprint density at radius 1 is 0.931 bits per heavy atom. The molecule has 3 aromatic carbocycles. The normalized spacial score (nSPS) is 10.8. The number of benzene rings is 3. The lowest BCUT2D eigenvalue weighted by Crippen LogP contribution is -2.29. The van der Waals surface area contributed by atoms with Gasteiger partial charge < -0.3 is 10.4 Å². The highest BCUT2D eigenvalue weighted by atomic mass is 16.3. The van der Waals surface area contributed by atoms with Gasteiger partial charge in [0.1, 0.15) is 11.3 Å². The van der Waals surface area contributed by atoms with Crippen molar-refractivity contribution in [2.45, 2.75) is 13.8 Å². The highest BCUT2D eigenvalue weighted by molar-refractivity contribution is 6.09. The molecular formula is C24H20N2O3. The summed E-state index contributed by atoms with van der Waals surface area (Å²) in [5, 5.41) is 14.0. The van der Waals surface area contributed by atoms with Gasteiger partial charge >= 0.3 is 0 Å². The summed E-state index contributed by atoms with van der Waals surface area (Å²) in [6.45, 7) is 3.79. The first-order chi connectivity index (χ1) is 14.0. The monoisotopic (exact) mass is 384 g/mol. The maximum absolute atomic E-state index is 13.3. The number of hydrogen-bond donors (Lipinski definition) is 2. The lowest BCUT2D eigenvalue weighted by Gasteiger charge is -2.15. The number of rotatable bonds is 3. The molecule has 0 radical (unpaired) electrons. The number of aryl methyl sites for hydroxylation is 2. The molecule has 1 heterocycles. The molecule has 1 aromatic heterocycles. The van der Waals surface area contributed by atoms with Gasteiger partial charge in [0.15, 0.2) is 0 Å². The Kier molecular flexibility index (Phi) is 4.64. The van der Waals surface area contributed by atoms with E-state index in [9.17, 15) is 14.7 Å². The van der Waals surface area contributed by atoms with Gasteiger partial charge in [0.25, 0.3) is 11.5 Å². The summed E-state index contributed by atoms with van der Waals surface area (Å²) in [6.07, 6.45) is 0. The van der Waals surface area contributed by atoms with E-state index in [0.29, 0.717) is 22.3 Å². The van der Waals surface area contributed by atoms with E-state index in [0.717, 1.165) is 11.1 Å². The molecule has 0 unspecified atom stereocenters. The van der Waals surface area contributed by atoms with Crippen LogP contribution in [0.4, 0.5) is 5.69 Å². The number of aromatic hydroxyl groups is 1. The molecule has 0 saturated carbocycles. The summed E-state index contributed by atoms with van der Waals surface area (Å²) >= 11 is 0. The van der Waals surface area contributed by atoms with E-state index in [1.54, 1.807) is 36.4 Å². The van der Waals surface area contributed by atoms with Crippen LogP contribution in [0.25, 0.3) is 16.6 Å². The molecule has 5 heteroatoms. The molecule has 0 aliphatic heterocycles. The van der Waals surface area contributed by atoms with Gasteiger partial charge in [0, 0.05) is 16.8 Å². The zero-order valence-electron chi connectivity index (χ0n) is 16.1. The largest absolute Gasteiger partial charge is 0.506 e. The SMILES string of the molecule is Cc1ccc(C)c(NC(=O)c2c(O)c3ccccc3n(-c3ccccc3)c2=O)c1. The molecule has 4 rings (SSSR count). The van der Waals surface area contributed by atoms with Crippen molar-refractivity contribution in [3.05, 3.63) is 99.8 Å². The number of hydrogen-bond acceptors (Lipinski definition) is 3. The quantitative estimate of drug-likeness (QED) is 0.544. The first-order valence-corrected chi connectivity index (χ1v) is 9.28. The van der Waals surface area contributed by atoms with Gasteiger partial charge in [-0.1, -0.05) is 42.5 Å². The Balaban J connectivity index is 1.94. The van der Waals surface area contributed by atoms with Crippen LogP contribution in [0.3, 0.4) is 0 Å². The van der Waals surface area contributed by atoms with Gasteiger partial charge in [0.05, 0.1) is 5.52 Å². The van der Waals surface area contributed by atoms with E-state index in [1.165, 1.54) is 4.57 Å². The molecule has 2 N–H and O–H groups in total. The van der Waals surface area contributed by atoms with Crippen LogP contribution >= 0.6 is 0 Å². The Labute approximate surface area is 167 Å². The van der Waals surface area contributed by atoms with E-state index >= 15 is 0 Å². The Bertz CT molecular complexity index is 1290. The predicted octanol–water partition coefficient (Wildman–Crippen LogP) is 4.57. The maximum Gasteiger partial charge on any atom is 0.272 e. The molecule has 4 aromatic rings. The Hall–Kier alpha value is -3.86. The lowest BCUT2D eigenvalue weighted by atomic mass is 10.1. The summed E-state index contributed by atoms with van der Waals surface area (Å²) in [5.41, 5.74) is 2.75. The fourth-order valence-corrected chi connectivity index (χ4v) is 3.42. The fraction of sp³-hybridized carbons (Fsp3) is 0.0833. The minimum atomic E-state index is -0.642. The third kappa shape index (κ3) is 3.27. The van der Waals surface area contributed by atoms with Crippen molar-refractivity contribution in [2.75, 3.05) is 5.32 Å². The number of carbonyl (C=O) groups excluding carboxylic acids is 1. The first-order valence-electron chi connectivity index (χ1n) is 9.28. The zero-order chi connectivity index (χ0) is 20.5. The summed E-state index contributed by atoms with van der Waals surface area (Å²) in [5.74, 6) is -0.961. The van der Waals surface area contributed by atoms with Crippen molar-refractivity contribution < 1.29 is 9.90 Å². The molecule has 144 valence electrons. The average molecular weight is 384 g/mol. The van der Waals surface area contributed by atoms with Crippen molar-refractivity contribution in [1.82, 2.24) is 4.57 Å². The number of amides is 1. The van der Waals surface area contributed by atoms with Crippen molar-refractivity contribution >= 4 is 22.5 Å². The van der Waals surface area contributed by atoms with Gasteiger partial charge in [-0.05, 0) is 55.3 Å². The number of pyridine rings is 1. The molecule has 0 spiro atoms. The van der Waals surface area contributed by atoms with Gasteiger partial charge in [-0.25, -0.2) is 0 Å². The first kappa shape index (κ1) is 18.5. The van der Waals surface area contributed by atoms with Crippen LogP contribution in [0, 0.1) is 13.8 Å².